The average molecular weight is 249 g/mol. The first kappa shape index (κ1) is 11.6. The van der Waals surface area contributed by atoms with Crippen molar-refractivity contribution in [2.75, 3.05) is 6.26 Å². The van der Waals surface area contributed by atoms with Crippen LogP contribution in [0.2, 0.25) is 0 Å². The molecule has 0 spiro atoms. The van der Waals surface area contributed by atoms with Crippen LogP contribution in [0, 0.1) is 0 Å². The standard InChI is InChI=1S/C10H11N5OS/c1-15-10(11-13-14-15)9(12-16)7-4-3-5-8(6-7)17-2/h3-6,16H,1-2H3/b12-9-. The van der Waals surface area contributed by atoms with Gasteiger partial charge in [-0.15, -0.1) is 16.9 Å². The van der Waals surface area contributed by atoms with E-state index >= 15 is 0 Å². The second-order valence-corrected chi connectivity index (χ2v) is 4.19. The molecule has 17 heavy (non-hydrogen) atoms. The topological polar surface area (TPSA) is 76.2 Å². The summed E-state index contributed by atoms with van der Waals surface area (Å²) in [7, 11) is 1.69. The van der Waals surface area contributed by atoms with Crippen molar-refractivity contribution in [3.8, 4) is 0 Å². The molecule has 2 aromatic rings. The third-order valence-electron chi connectivity index (χ3n) is 2.28. The van der Waals surface area contributed by atoms with Gasteiger partial charge in [-0.05, 0) is 28.8 Å². The Morgan fingerprint density at radius 1 is 1.47 bits per heavy atom. The molecule has 0 unspecified atom stereocenters. The Labute approximate surface area is 102 Å². The molecule has 0 aliphatic rings. The predicted octanol–water partition coefficient (Wildman–Crippen LogP) is 1.16. The zero-order valence-corrected chi connectivity index (χ0v) is 10.2. The van der Waals surface area contributed by atoms with Crippen molar-refractivity contribution in [1.82, 2.24) is 20.2 Å². The Kier molecular flexibility index (Phi) is 3.38. The molecule has 0 aliphatic carbocycles. The van der Waals surface area contributed by atoms with Gasteiger partial charge in [-0.3, -0.25) is 0 Å². The van der Waals surface area contributed by atoms with Crippen LogP contribution in [0.4, 0.5) is 0 Å². The lowest BCUT2D eigenvalue weighted by molar-refractivity contribution is 0.319. The van der Waals surface area contributed by atoms with Crippen LogP contribution in [0.5, 0.6) is 0 Å². The maximum absolute atomic E-state index is 9.11. The van der Waals surface area contributed by atoms with Gasteiger partial charge in [-0.2, -0.15) is 0 Å². The number of rotatable bonds is 3. The molecule has 0 aliphatic heterocycles. The maximum Gasteiger partial charge on any atom is 0.204 e. The van der Waals surface area contributed by atoms with E-state index in [-0.39, 0.29) is 0 Å². The van der Waals surface area contributed by atoms with Gasteiger partial charge in [-0.1, -0.05) is 17.3 Å². The molecule has 1 aromatic heterocycles. The largest absolute Gasteiger partial charge is 0.410 e. The van der Waals surface area contributed by atoms with Gasteiger partial charge in [0.1, 0.15) is 0 Å². The summed E-state index contributed by atoms with van der Waals surface area (Å²) in [6.45, 7) is 0. The lowest BCUT2D eigenvalue weighted by atomic mass is 10.1. The molecule has 0 radical (unpaired) electrons. The van der Waals surface area contributed by atoms with E-state index in [2.05, 4.69) is 20.7 Å². The highest BCUT2D eigenvalue weighted by Gasteiger charge is 2.14. The van der Waals surface area contributed by atoms with E-state index in [4.69, 9.17) is 5.21 Å². The van der Waals surface area contributed by atoms with Crippen LogP contribution in [-0.4, -0.2) is 37.4 Å². The van der Waals surface area contributed by atoms with Crippen LogP contribution >= 0.6 is 11.8 Å². The first-order chi connectivity index (χ1) is 8.26. The second kappa shape index (κ2) is 4.96. The maximum atomic E-state index is 9.11. The highest BCUT2D eigenvalue weighted by molar-refractivity contribution is 7.98. The number of oxime groups is 1. The lowest BCUT2D eigenvalue weighted by Gasteiger charge is -2.04. The van der Waals surface area contributed by atoms with Crippen LogP contribution in [0.3, 0.4) is 0 Å². The van der Waals surface area contributed by atoms with Gasteiger partial charge in [0.15, 0.2) is 5.71 Å². The minimum absolute atomic E-state index is 0.355. The van der Waals surface area contributed by atoms with Crippen LogP contribution in [0.25, 0.3) is 0 Å². The first-order valence-corrected chi connectivity index (χ1v) is 6.08. The molecule has 1 heterocycles. The Bertz CT molecular complexity index is 551. The minimum atomic E-state index is 0.355. The van der Waals surface area contributed by atoms with E-state index in [1.807, 2.05) is 30.5 Å². The summed E-state index contributed by atoms with van der Waals surface area (Å²) in [5.41, 5.74) is 1.13. The van der Waals surface area contributed by atoms with Crippen molar-refractivity contribution in [2.24, 2.45) is 12.2 Å². The number of aromatic nitrogens is 4. The summed E-state index contributed by atoms with van der Waals surface area (Å²) in [4.78, 5) is 1.08. The van der Waals surface area contributed by atoms with Gasteiger partial charge < -0.3 is 5.21 Å². The van der Waals surface area contributed by atoms with Crippen LogP contribution < -0.4 is 0 Å². The number of benzene rings is 1. The summed E-state index contributed by atoms with van der Waals surface area (Å²) in [6.07, 6.45) is 1.98. The highest BCUT2D eigenvalue weighted by atomic mass is 32.2. The molecule has 88 valence electrons. The summed E-state index contributed by atoms with van der Waals surface area (Å²) in [5.74, 6) is 0.422. The molecular formula is C10H11N5OS. The number of hydrogen-bond acceptors (Lipinski definition) is 6. The van der Waals surface area contributed by atoms with Gasteiger partial charge in [0.25, 0.3) is 0 Å². The highest BCUT2D eigenvalue weighted by Crippen LogP contribution is 2.17. The number of aryl methyl sites for hydroxylation is 1. The van der Waals surface area contributed by atoms with Gasteiger partial charge in [0, 0.05) is 17.5 Å². The Morgan fingerprint density at radius 3 is 2.88 bits per heavy atom. The molecule has 0 saturated carbocycles. The Morgan fingerprint density at radius 2 is 2.29 bits per heavy atom. The van der Waals surface area contributed by atoms with E-state index in [1.54, 1.807) is 18.8 Å². The summed E-state index contributed by atoms with van der Waals surface area (Å²) in [5, 5.41) is 23.5. The van der Waals surface area contributed by atoms with Crippen LogP contribution in [0.1, 0.15) is 11.4 Å². The fourth-order valence-corrected chi connectivity index (χ4v) is 1.89. The summed E-state index contributed by atoms with van der Waals surface area (Å²) in [6, 6.07) is 7.66. The molecule has 2 rings (SSSR count). The molecule has 1 aromatic carbocycles. The molecule has 0 atom stereocenters. The second-order valence-electron chi connectivity index (χ2n) is 3.31. The fraction of sp³-hybridized carbons (Fsp3) is 0.200. The quantitative estimate of drug-likeness (QED) is 0.382. The molecule has 7 heteroatoms. The number of thioether (sulfide) groups is 1. The molecule has 1 N–H and O–H groups in total. The predicted molar refractivity (Wildman–Crippen MR) is 64.4 cm³/mol. The van der Waals surface area contributed by atoms with E-state index < -0.39 is 0 Å². The van der Waals surface area contributed by atoms with E-state index in [0.717, 1.165) is 10.5 Å². The van der Waals surface area contributed by atoms with Crippen LogP contribution in [0.15, 0.2) is 34.3 Å². The minimum Gasteiger partial charge on any atom is -0.410 e. The normalized spacial score (nSPS) is 11.8. The van der Waals surface area contributed by atoms with Crippen molar-refractivity contribution in [1.29, 1.82) is 0 Å². The van der Waals surface area contributed by atoms with Gasteiger partial charge in [-0.25, -0.2) is 4.68 Å². The average Bonchev–Trinajstić information content (AvgIpc) is 2.77. The Hall–Kier alpha value is -1.89. The lowest BCUT2D eigenvalue weighted by Crippen LogP contribution is -2.11. The molecule has 0 bridgehead atoms. The number of nitrogens with zero attached hydrogens (tertiary/aromatic N) is 5. The smallest absolute Gasteiger partial charge is 0.204 e. The molecular weight excluding hydrogens is 238 g/mol. The molecule has 0 amide bonds. The molecule has 0 fully saturated rings. The Balaban J connectivity index is 2.47. The van der Waals surface area contributed by atoms with Crippen molar-refractivity contribution in [3.05, 3.63) is 35.7 Å². The fourth-order valence-electron chi connectivity index (χ4n) is 1.43. The SMILES string of the molecule is CSc1cccc(/C(=N/O)c2nnnn2C)c1. The molecule has 6 nitrogen and oxygen atoms in total. The number of hydrogen-bond donors (Lipinski definition) is 1. The zero-order valence-electron chi connectivity index (χ0n) is 9.40. The van der Waals surface area contributed by atoms with Crippen molar-refractivity contribution < 1.29 is 5.21 Å². The van der Waals surface area contributed by atoms with Gasteiger partial charge in [0.05, 0.1) is 0 Å². The van der Waals surface area contributed by atoms with Crippen molar-refractivity contribution in [2.45, 2.75) is 4.90 Å². The van der Waals surface area contributed by atoms with Crippen molar-refractivity contribution in [3.63, 3.8) is 0 Å². The third-order valence-corrected chi connectivity index (χ3v) is 3.00. The molecule has 0 saturated heterocycles. The van der Waals surface area contributed by atoms with Crippen LogP contribution in [-0.2, 0) is 7.05 Å². The van der Waals surface area contributed by atoms with E-state index in [0.29, 0.717) is 11.5 Å². The summed E-state index contributed by atoms with van der Waals surface area (Å²) < 4.78 is 1.46. The monoisotopic (exact) mass is 249 g/mol. The first-order valence-electron chi connectivity index (χ1n) is 4.85. The van der Waals surface area contributed by atoms with E-state index in [9.17, 15) is 0 Å². The number of tetrazole rings is 1. The van der Waals surface area contributed by atoms with E-state index in [1.165, 1.54) is 4.68 Å². The van der Waals surface area contributed by atoms with Gasteiger partial charge in [0.2, 0.25) is 5.82 Å². The third kappa shape index (κ3) is 2.28. The van der Waals surface area contributed by atoms with Gasteiger partial charge >= 0.3 is 0 Å². The van der Waals surface area contributed by atoms with Crippen molar-refractivity contribution >= 4 is 17.5 Å². The summed E-state index contributed by atoms with van der Waals surface area (Å²) >= 11 is 1.62. The zero-order chi connectivity index (χ0) is 12.3.